The van der Waals surface area contributed by atoms with Gasteiger partial charge in [0.05, 0.1) is 13.2 Å². The van der Waals surface area contributed by atoms with Gasteiger partial charge in [-0.2, -0.15) is 0 Å². The maximum atomic E-state index is 6.11. The molecule has 0 bridgehead atoms. The normalized spacial score (nSPS) is 24.3. The zero-order valence-electron chi connectivity index (χ0n) is 13.2. The molecule has 1 aromatic carbocycles. The number of ether oxygens (including phenoxy) is 2. The van der Waals surface area contributed by atoms with Crippen LogP contribution in [0.4, 0.5) is 0 Å². The molecule has 0 saturated carbocycles. The third-order valence-corrected chi connectivity index (χ3v) is 4.75. The fourth-order valence-corrected chi connectivity index (χ4v) is 3.82. The van der Waals surface area contributed by atoms with Crippen LogP contribution in [0.15, 0.2) is 12.1 Å². The Bertz CT molecular complexity index is 490. The monoisotopic (exact) mass is 311 g/mol. The first-order chi connectivity index (χ1) is 9.76. The van der Waals surface area contributed by atoms with Crippen LogP contribution in [0.25, 0.3) is 0 Å². The van der Waals surface area contributed by atoms with Gasteiger partial charge in [-0.3, -0.25) is 4.90 Å². The molecule has 1 aromatic rings. The van der Waals surface area contributed by atoms with Gasteiger partial charge in [-0.25, -0.2) is 0 Å². The molecule has 0 N–H and O–H groups in total. The molecule has 3 nitrogen and oxygen atoms in total. The molecular formula is C17H26ClNO2. The molecule has 4 heteroatoms. The lowest BCUT2D eigenvalue weighted by atomic mass is 9.81. The Morgan fingerprint density at radius 1 is 1.38 bits per heavy atom. The van der Waals surface area contributed by atoms with Gasteiger partial charge in [0.15, 0.2) is 11.5 Å². The molecule has 2 aliphatic heterocycles. The lowest BCUT2D eigenvalue weighted by Gasteiger charge is -2.44. The summed E-state index contributed by atoms with van der Waals surface area (Å²) in [5.41, 5.74) is 2.51. The summed E-state index contributed by atoms with van der Waals surface area (Å²) in [5.74, 6) is 2.52. The second kappa shape index (κ2) is 6.89. The molecule has 118 valence electrons. The predicted molar refractivity (Wildman–Crippen MR) is 88.1 cm³/mol. The van der Waals surface area contributed by atoms with E-state index >= 15 is 0 Å². The topological polar surface area (TPSA) is 21.7 Å². The number of benzene rings is 1. The first kappa shape index (κ1) is 16.4. The molecule has 1 fully saturated rings. The minimum Gasteiger partial charge on any atom is -0.493 e. The summed E-state index contributed by atoms with van der Waals surface area (Å²) < 4.78 is 11.7. The third kappa shape index (κ3) is 2.86. The molecule has 21 heavy (non-hydrogen) atoms. The zero-order valence-corrected chi connectivity index (χ0v) is 14.0. The molecule has 2 heterocycles. The van der Waals surface area contributed by atoms with Crippen molar-refractivity contribution in [2.24, 2.45) is 0 Å². The molecule has 2 atom stereocenters. The number of methoxy groups -OCH3 is 1. The second-order valence-electron chi connectivity index (χ2n) is 6.00. The Morgan fingerprint density at radius 3 is 2.90 bits per heavy atom. The van der Waals surface area contributed by atoms with Crippen LogP contribution in [0.1, 0.15) is 43.2 Å². The Balaban J connectivity index is 0.00000161. The summed E-state index contributed by atoms with van der Waals surface area (Å²) in [5, 5.41) is 0. The van der Waals surface area contributed by atoms with E-state index in [-0.39, 0.29) is 12.4 Å². The van der Waals surface area contributed by atoms with Gasteiger partial charge in [0.2, 0.25) is 0 Å². The van der Waals surface area contributed by atoms with Crippen molar-refractivity contribution in [3.63, 3.8) is 0 Å². The molecule has 1 saturated heterocycles. The maximum Gasteiger partial charge on any atom is 0.165 e. The van der Waals surface area contributed by atoms with Crippen molar-refractivity contribution >= 4 is 12.4 Å². The number of halogens is 1. The van der Waals surface area contributed by atoms with Crippen molar-refractivity contribution in [3.05, 3.63) is 23.3 Å². The van der Waals surface area contributed by atoms with E-state index in [0.29, 0.717) is 12.0 Å². The highest BCUT2D eigenvalue weighted by molar-refractivity contribution is 5.85. The van der Waals surface area contributed by atoms with Gasteiger partial charge in [-0.1, -0.05) is 19.1 Å². The fourth-order valence-electron chi connectivity index (χ4n) is 3.82. The van der Waals surface area contributed by atoms with Crippen molar-refractivity contribution in [2.45, 2.75) is 45.1 Å². The van der Waals surface area contributed by atoms with Gasteiger partial charge >= 0.3 is 0 Å². The molecule has 0 radical (unpaired) electrons. The first-order valence-electron chi connectivity index (χ1n) is 7.80. The number of hydrogen-bond acceptors (Lipinski definition) is 3. The summed E-state index contributed by atoms with van der Waals surface area (Å²) in [6.07, 6.45) is 3.78. The number of aryl methyl sites for hydroxylation is 1. The van der Waals surface area contributed by atoms with Crippen LogP contribution in [0.5, 0.6) is 11.5 Å². The predicted octanol–water partition coefficient (Wildman–Crippen LogP) is 3.78. The van der Waals surface area contributed by atoms with Gasteiger partial charge < -0.3 is 9.47 Å². The van der Waals surface area contributed by atoms with E-state index in [2.05, 4.69) is 30.9 Å². The smallest absolute Gasteiger partial charge is 0.165 e. The van der Waals surface area contributed by atoms with Crippen molar-refractivity contribution < 1.29 is 9.47 Å². The second-order valence-corrected chi connectivity index (χ2v) is 6.00. The van der Waals surface area contributed by atoms with Gasteiger partial charge in [-0.05, 0) is 44.8 Å². The molecule has 3 rings (SSSR count). The quantitative estimate of drug-likeness (QED) is 0.848. The van der Waals surface area contributed by atoms with Crippen LogP contribution >= 0.6 is 12.4 Å². The number of nitrogens with zero attached hydrogens (tertiary/aromatic N) is 1. The number of piperidine rings is 1. The van der Waals surface area contributed by atoms with Crippen LogP contribution in [-0.4, -0.2) is 37.7 Å². The molecule has 0 aromatic heterocycles. The lowest BCUT2D eigenvalue weighted by Crippen LogP contribution is -2.49. The number of hydrogen-bond donors (Lipinski definition) is 0. The Morgan fingerprint density at radius 2 is 2.19 bits per heavy atom. The minimum absolute atomic E-state index is 0. The Kier molecular flexibility index (Phi) is 5.39. The van der Waals surface area contributed by atoms with Crippen LogP contribution in [0.3, 0.4) is 0 Å². The molecular weight excluding hydrogens is 286 g/mol. The summed E-state index contributed by atoms with van der Waals surface area (Å²) in [6.45, 7) is 7.55. The van der Waals surface area contributed by atoms with Crippen LogP contribution < -0.4 is 9.47 Å². The zero-order chi connectivity index (χ0) is 14.1. The van der Waals surface area contributed by atoms with E-state index in [1.165, 1.54) is 37.9 Å². The first-order valence-corrected chi connectivity index (χ1v) is 7.80. The number of likely N-dealkylation sites (tertiary alicyclic amines) is 1. The van der Waals surface area contributed by atoms with Crippen molar-refractivity contribution in [2.75, 3.05) is 26.8 Å². The molecule has 0 unspecified atom stereocenters. The van der Waals surface area contributed by atoms with Crippen LogP contribution in [0.2, 0.25) is 0 Å². The summed E-state index contributed by atoms with van der Waals surface area (Å²) in [6, 6.07) is 4.96. The number of rotatable bonds is 3. The largest absolute Gasteiger partial charge is 0.493 e. The molecule has 0 aliphatic carbocycles. The van der Waals surface area contributed by atoms with Gasteiger partial charge in [-0.15, -0.1) is 12.4 Å². The highest BCUT2D eigenvalue weighted by Crippen LogP contribution is 2.46. The molecule has 0 spiro atoms. The van der Waals surface area contributed by atoms with E-state index in [4.69, 9.17) is 9.47 Å². The highest BCUT2D eigenvalue weighted by atomic mass is 35.5. The van der Waals surface area contributed by atoms with E-state index < -0.39 is 0 Å². The van der Waals surface area contributed by atoms with Crippen molar-refractivity contribution in [1.29, 1.82) is 0 Å². The van der Waals surface area contributed by atoms with E-state index in [1.54, 1.807) is 7.11 Å². The van der Waals surface area contributed by atoms with Gasteiger partial charge in [0.25, 0.3) is 0 Å². The van der Waals surface area contributed by atoms with E-state index in [9.17, 15) is 0 Å². The average Bonchev–Trinajstić information content (AvgIpc) is 2.47. The summed E-state index contributed by atoms with van der Waals surface area (Å²) in [4.78, 5) is 2.61. The summed E-state index contributed by atoms with van der Waals surface area (Å²) in [7, 11) is 1.74. The van der Waals surface area contributed by atoms with Crippen LogP contribution in [0, 0.1) is 6.92 Å². The van der Waals surface area contributed by atoms with Crippen molar-refractivity contribution in [1.82, 2.24) is 4.90 Å². The minimum atomic E-state index is 0. The van der Waals surface area contributed by atoms with Gasteiger partial charge in [0.1, 0.15) is 6.61 Å². The summed E-state index contributed by atoms with van der Waals surface area (Å²) >= 11 is 0. The Labute approximate surface area is 134 Å². The maximum absolute atomic E-state index is 6.11. The van der Waals surface area contributed by atoms with E-state index in [0.717, 1.165) is 23.7 Å². The van der Waals surface area contributed by atoms with Crippen molar-refractivity contribution in [3.8, 4) is 11.5 Å². The molecule has 0 amide bonds. The fraction of sp³-hybridized carbons (Fsp3) is 0.647. The third-order valence-electron chi connectivity index (χ3n) is 4.75. The lowest BCUT2D eigenvalue weighted by molar-refractivity contribution is 0.0642. The Hall–Kier alpha value is -0.930. The van der Waals surface area contributed by atoms with E-state index in [1.807, 2.05) is 0 Å². The highest BCUT2D eigenvalue weighted by Gasteiger charge is 2.38. The standard InChI is InChI=1S/C17H25NO2.ClH/c1-4-9-18-10-5-6-13-14-8-7-12(2)16(19-3)17(14)20-11-15(13)18;/h7-8,13,15H,4-6,9-11H2,1-3H3;1H/t13-,15-;/m0./s1. The average molecular weight is 312 g/mol. The van der Waals surface area contributed by atoms with Crippen LogP contribution in [-0.2, 0) is 0 Å². The number of fused-ring (bicyclic) bond motifs is 3. The molecule has 2 aliphatic rings. The SMILES string of the molecule is CCCN1CCC[C@H]2c3ccc(C)c(OC)c3OC[C@@H]21.Cl. The van der Waals surface area contributed by atoms with Gasteiger partial charge in [0, 0.05) is 11.5 Å².